The Morgan fingerprint density at radius 2 is 2.12 bits per heavy atom. The highest BCUT2D eigenvalue weighted by atomic mass is 19.2. The zero-order valence-corrected chi connectivity index (χ0v) is 13.7. The van der Waals surface area contributed by atoms with Gasteiger partial charge in [0.05, 0.1) is 17.9 Å². The van der Waals surface area contributed by atoms with Gasteiger partial charge >= 0.3 is 0 Å². The van der Waals surface area contributed by atoms with Crippen molar-refractivity contribution in [2.45, 2.75) is 31.8 Å². The Bertz CT molecular complexity index is 746. The zero-order chi connectivity index (χ0) is 17.3. The van der Waals surface area contributed by atoms with Crippen molar-refractivity contribution in [3.8, 4) is 0 Å². The maximum absolute atomic E-state index is 13.4. The van der Waals surface area contributed by atoms with Crippen molar-refractivity contribution in [1.29, 1.82) is 0 Å². The molecule has 7 heteroatoms. The summed E-state index contributed by atoms with van der Waals surface area (Å²) in [5, 5.41) is 7.33. The fourth-order valence-electron chi connectivity index (χ4n) is 3.01. The molecule has 0 saturated carbocycles. The number of piperidine rings is 1. The summed E-state index contributed by atoms with van der Waals surface area (Å²) >= 11 is 0. The van der Waals surface area contributed by atoms with E-state index in [1.807, 2.05) is 6.92 Å². The van der Waals surface area contributed by atoms with Crippen LogP contribution in [0, 0.1) is 11.6 Å². The third kappa shape index (κ3) is 3.31. The van der Waals surface area contributed by atoms with E-state index in [1.165, 1.54) is 12.1 Å². The van der Waals surface area contributed by atoms with Gasteiger partial charge < -0.3 is 4.90 Å². The van der Waals surface area contributed by atoms with Crippen molar-refractivity contribution in [2.24, 2.45) is 7.05 Å². The summed E-state index contributed by atoms with van der Waals surface area (Å²) in [6.07, 6.45) is 5.05. The number of carbonyl (C=O) groups excluding carboxylic acids is 1. The molecule has 1 aromatic carbocycles. The fraction of sp³-hybridized carbons (Fsp3) is 0.412. The quantitative estimate of drug-likeness (QED) is 0.935. The summed E-state index contributed by atoms with van der Waals surface area (Å²) in [4.78, 5) is 14.4. The van der Waals surface area contributed by atoms with Crippen LogP contribution in [0.25, 0.3) is 0 Å². The molecule has 0 aliphatic carbocycles. The molecule has 128 valence electrons. The first-order valence-corrected chi connectivity index (χ1v) is 7.96. The molecule has 0 spiro atoms. The number of benzene rings is 1. The number of nitrogens with one attached hydrogen (secondary N) is 1. The van der Waals surface area contributed by atoms with E-state index < -0.39 is 11.6 Å². The number of aryl methyl sites for hydroxylation is 1. The largest absolute Gasteiger partial charge is 0.308 e. The molecule has 24 heavy (non-hydrogen) atoms. The average Bonchev–Trinajstić information content (AvgIpc) is 2.98. The molecule has 5 nitrogen and oxygen atoms in total. The van der Waals surface area contributed by atoms with Crippen molar-refractivity contribution in [2.75, 3.05) is 11.4 Å². The predicted molar refractivity (Wildman–Crippen MR) is 86.5 cm³/mol. The Morgan fingerprint density at radius 1 is 1.33 bits per heavy atom. The average molecular weight is 334 g/mol. The van der Waals surface area contributed by atoms with Crippen molar-refractivity contribution >= 4 is 11.6 Å². The minimum absolute atomic E-state index is 0.0244. The first-order valence-electron chi connectivity index (χ1n) is 7.96. The lowest BCUT2D eigenvalue weighted by molar-refractivity contribution is -0.122. The fourth-order valence-corrected chi connectivity index (χ4v) is 3.01. The maximum Gasteiger partial charge on any atom is 0.244 e. The van der Waals surface area contributed by atoms with Gasteiger partial charge in [-0.25, -0.2) is 8.78 Å². The van der Waals surface area contributed by atoms with Gasteiger partial charge in [0.25, 0.3) is 0 Å². The van der Waals surface area contributed by atoms with Gasteiger partial charge in [0.2, 0.25) is 5.91 Å². The van der Waals surface area contributed by atoms with Crippen LogP contribution in [0.15, 0.2) is 30.6 Å². The lowest BCUT2D eigenvalue weighted by Gasteiger charge is -2.33. The SMILES string of the molecule is C[C@@H](N[C@@H]1CCCN(c2cnn(C)c2)C1=O)c1ccc(F)c(F)c1. The Kier molecular flexibility index (Phi) is 4.62. The summed E-state index contributed by atoms with van der Waals surface area (Å²) in [6.45, 7) is 2.49. The van der Waals surface area contributed by atoms with E-state index in [2.05, 4.69) is 10.4 Å². The molecule has 1 aromatic heterocycles. The smallest absolute Gasteiger partial charge is 0.244 e. The monoisotopic (exact) mass is 334 g/mol. The van der Waals surface area contributed by atoms with Gasteiger partial charge in [-0.15, -0.1) is 0 Å². The van der Waals surface area contributed by atoms with E-state index in [1.54, 1.807) is 29.0 Å². The van der Waals surface area contributed by atoms with Crippen LogP contribution in [-0.2, 0) is 11.8 Å². The molecule has 1 fully saturated rings. The number of amides is 1. The molecule has 0 radical (unpaired) electrons. The second kappa shape index (κ2) is 6.68. The minimum Gasteiger partial charge on any atom is -0.308 e. The summed E-state index contributed by atoms with van der Waals surface area (Å²) in [5.41, 5.74) is 1.38. The molecule has 1 amide bonds. The maximum atomic E-state index is 13.4. The Hall–Kier alpha value is -2.28. The summed E-state index contributed by atoms with van der Waals surface area (Å²) in [5.74, 6) is -1.78. The van der Waals surface area contributed by atoms with E-state index in [4.69, 9.17) is 0 Å². The van der Waals surface area contributed by atoms with Gasteiger partial charge in [0.1, 0.15) is 0 Å². The van der Waals surface area contributed by atoms with Crippen LogP contribution >= 0.6 is 0 Å². The summed E-state index contributed by atoms with van der Waals surface area (Å²) < 4.78 is 28.1. The molecular weight excluding hydrogens is 314 g/mol. The van der Waals surface area contributed by atoms with Crippen LogP contribution in [0.5, 0.6) is 0 Å². The van der Waals surface area contributed by atoms with Crippen molar-refractivity contribution < 1.29 is 13.6 Å². The van der Waals surface area contributed by atoms with Crippen LogP contribution < -0.4 is 10.2 Å². The number of rotatable bonds is 4. The number of hydrogen-bond donors (Lipinski definition) is 1. The molecule has 2 aromatic rings. The third-order valence-corrected chi connectivity index (χ3v) is 4.34. The predicted octanol–water partition coefficient (Wildman–Crippen LogP) is 2.54. The Balaban J connectivity index is 1.72. The Labute approximate surface area is 139 Å². The van der Waals surface area contributed by atoms with Crippen LogP contribution in [0.3, 0.4) is 0 Å². The topological polar surface area (TPSA) is 50.2 Å². The summed E-state index contributed by atoms with van der Waals surface area (Å²) in [6, 6.07) is 3.18. The van der Waals surface area contributed by atoms with Crippen LogP contribution in [-0.4, -0.2) is 28.3 Å². The van der Waals surface area contributed by atoms with Gasteiger partial charge in [-0.2, -0.15) is 5.10 Å². The molecule has 0 bridgehead atoms. The highest BCUT2D eigenvalue weighted by Crippen LogP contribution is 2.23. The van der Waals surface area contributed by atoms with Crippen molar-refractivity contribution in [1.82, 2.24) is 15.1 Å². The molecule has 1 aliphatic heterocycles. The Morgan fingerprint density at radius 3 is 2.79 bits per heavy atom. The third-order valence-electron chi connectivity index (χ3n) is 4.34. The van der Waals surface area contributed by atoms with Crippen LogP contribution in [0.4, 0.5) is 14.5 Å². The van der Waals surface area contributed by atoms with Crippen molar-refractivity contribution in [3.05, 3.63) is 47.8 Å². The highest BCUT2D eigenvalue weighted by Gasteiger charge is 2.31. The number of aromatic nitrogens is 2. The first kappa shape index (κ1) is 16.6. The molecule has 2 heterocycles. The van der Waals surface area contributed by atoms with E-state index >= 15 is 0 Å². The van der Waals surface area contributed by atoms with E-state index in [9.17, 15) is 13.6 Å². The zero-order valence-electron chi connectivity index (χ0n) is 13.7. The van der Waals surface area contributed by atoms with E-state index in [0.29, 0.717) is 18.5 Å². The normalized spacial score (nSPS) is 19.6. The van der Waals surface area contributed by atoms with Crippen molar-refractivity contribution in [3.63, 3.8) is 0 Å². The first-order chi connectivity index (χ1) is 11.5. The lowest BCUT2D eigenvalue weighted by Crippen LogP contribution is -2.51. The molecule has 0 unspecified atom stereocenters. The van der Waals surface area contributed by atoms with Gasteiger partial charge in [-0.1, -0.05) is 6.07 Å². The summed E-state index contributed by atoms with van der Waals surface area (Å²) in [7, 11) is 1.80. The standard InChI is InChI=1S/C17H20F2N4O/c1-11(12-5-6-14(18)15(19)8-12)21-16-4-3-7-23(17(16)24)13-9-20-22(2)10-13/h5-6,8-11,16,21H,3-4,7H2,1-2H3/t11-,16-/m1/s1. The van der Waals surface area contributed by atoms with Crippen LogP contribution in [0.1, 0.15) is 31.4 Å². The van der Waals surface area contributed by atoms with Crippen LogP contribution in [0.2, 0.25) is 0 Å². The van der Waals surface area contributed by atoms with Gasteiger partial charge in [0.15, 0.2) is 11.6 Å². The molecule has 1 aliphatic rings. The number of halogens is 2. The second-order valence-corrected chi connectivity index (χ2v) is 6.12. The minimum atomic E-state index is -0.881. The lowest BCUT2D eigenvalue weighted by atomic mass is 10.0. The van der Waals surface area contributed by atoms with Gasteiger partial charge in [-0.05, 0) is 37.5 Å². The molecule has 3 rings (SSSR count). The van der Waals surface area contributed by atoms with Gasteiger partial charge in [0, 0.05) is 25.8 Å². The van der Waals surface area contributed by atoms with Gasteiger partial charge in [-0.3, -0.25) is 14.8 Å². The number of anilines is 1. The molecule has 1 N–H and O–H groups in total. The second-order valence-electron chi connectivity index (χ2n) is 6.12. The van der Waals surface area contributed by atoms with E-state index in [0.717, 1.165) is 18.2 Å². The highest BCUT2D eigenvalue weighted by molar-refractivity contribution is 5.97. The molecular formula is C17H20F2N4O. The number of hydrogen-bond acceptors (Lipinski definition) is 3. The molecule has 2 atom stereocenters. The molecule has 1 saturated heterocycles. The number of carbonyl (C=O) groups is 1. The van der Waals surface area contributed by atoms with E-state index in [-0.39, 0.29) is 18.0 Å². The number of nitrogens with zero attached hydrogens (tertiary/aromatic N) is 3.